The lowest BCUT2D eigenvalue weighted by Crippen LogP contribution is -2.48. The summed E-state index contributed by atoms with van der Waals surface area (Å²) in [7, 11) is -3.66. The molecule has 0 aliphatic heterocycles. The van der Waals surface area contributed by atoms with Crippen LogP contribution < -0.4 is 14.4 Å². The van der Waals surface area contributed by atoms with E-state index in [0.29, 0.717) is 11.4 Å². The predicted molar refractivity (Wildman–Crippen MR) is 108 cm³/mol. The lowest BCUT2D eigenvalue weighted by atomic mass is 10.1. The Hall–Kier alpha value is -2.61. The molecule has 0 radical (unpaired) electrons. The van der Waals surface area contributed by atoms with Gasteiger partial charge in [0.25, 0.3) is 0 Å². The summed E-state index contributed by atoms with van der Waals surface area (Å²) in [6.45, 7) is 5.71. The molecule has 0 unspecified atom stereocenters. The molecule has 1 atom stereocenters. The van der Waals surface area contributed by atoms with Gasteiger partial charge in [0.2, 0.25) is 15.9 Å². The minimum absolute atomic E-state index is 0.173. The van der Waals surface area contributed by atoms with Crippen molar-refractivity contribution in [2.24, 2.45) is 0 Å². The largest absolute Gasteiger partial charge is 0.492 e. The van der Waals surface area contributed by atoms with Crippen LogP contribution in [-0.2, 0) is 14.8 Å². The van der Waals surface area contributed by atoms with Crippen LogP contribution in [0.2, 0.25) is 0 Å². The van der Waals surface area contributed by atoms with E-state index >= 15 is 0 Å². The van der Waals surface area contributed by atoms with Crippen molar-refractivity contribution in [3.05, 3.63) is 59.4 Å². The summed E-state index contributed by atoms with van der Waals surface area (Å²) in [6.07, 6.45) is 1.07. The van der Waals surface area contributed by atoms with Gasteiger partial charge in [-0.25, -0.2) is 12.8 Å². The van der Waals surface area contributed by atoms with Crippen molar-refractivity contribution in [3.8, 4) is 5.75 Å². The van der Waals surface area contributed by atoms with Crippen LogP contribution in [0.3, 0.4) is 0 Å². The highest BCUT2D eigenvalue weighted by Crippen LogP contribution is 2.23. The van der Waals surface area contributed by atoms with Gasteiger partial charge in [0, 0.05) is 0 Å². The van der Waals surface area contributed by atoms with Gasteiger partial charge in [0.15, 0.2) is 0 Å². The first kappa shape index (κ1) is 21.7. The molecule has 152 valence electrons. The molecule has 28 heavy (non-hydrogen) atoms. The van der Waals surface area contributed by atoms with E-state index in [1.54, 1.807) is 12.1 Å². The lowest BCUT2D eigenvalue weighted by molar-refractivity contribution is -0.121. The molecular formula is C20H25FN2O4S. The van der Waals surface area contributed by atoms with Crippen molar-refractivity contribution in [2.75, 3.05) is 23.7 Å². The van der Waals surface area contributed by atoms with Crippen LogP contribution in [0, 0.1) is 19.7 Å². The van der Waals surface area contributed by atoms with Gasteiger partial charge in [0.05, 0.1) is 18.5 Å². The highest BCUT2D eigenvalue weighted by molar-refractivity contribution is 7.92. The van der Waals surface area contributed by atoms with Gasteiger partial charge in [-0.3, -0.25) is 9.10 Å². The molecule has 2 aromatic carbocycles. The normalized spacial score (nSPS) is 12.3. The van der Waals surface area contributed by atoms with E-state index in [9.17, 15) is 17.6 Å². The van der Waals surface area contributed by atoms with Gasteiger partial charge < -0.3 is 10.1 Å². The number of hydrogen-bond donors (Lipinski definition) is 1. The maximum atomic E-state index is 12.9. The van der Waals surface area contributed by atoms with Crippen LogP contribution in [-0.4, -0.2) is 39.8 Å². The lowest BCUT2D eigenvalue weighted by Gasteiger charge is -2.28. The van der Waals surface area contributed by atoms with E-state index in [0.717, 1.165) is 21.7 Å². The first-order chi connectivity index (χ1) is 13.1. The molecule has 0 aliphatic carbocycles. The molecule has 0 spiro atoms. The van der Waals surface area contributed by atoms with Crippen molar-refractivity contribution >= 4 is 21.6 Å². The van der Waals surface area contributed by atoms with Crippen LogP contribution >= 0.6 is 0 Å². The fourth-order valence-electron chi connectivity index (χ4n) is 2.69. The Balaban J connectivity index is 2.01. The number of nitrogens with one attached hydrogen (secondary N) is 1. The summed E-state index contributed by atoms with van der Waals surface area (Å²) in [5.74, 6) is -0.315. The number of nitrogens with zero attached hydrogens (tertiary/aromatic N) is 1. The zero-order chi connectivity index (χ0) is 20.9. The summed E-state index contributed by atoms with van der Waals surface area (Å²) in [5, 5.41) is 2.67. The number of carbonyl (C=O) groups is 1. The number of aryl methyl sites for hydroxylation is 2. The smallest absolute Gasteiger partial charge is 0.243 e. The number of rotatable bonds is 8. The molecule has 6 nitrogen and oxygen atoms in total. The summed E-state index contributed by atoms with van der Waals surface area (Å²) in [6, 6.07) is 9.87. The van der Waals surface area contributed by atoms with E-state index in [1.807, 2.05) is 19.9 Å². The van der Waals surface area contributed by atoms with E-state index < -0.39 is 22.0 Å². The molecule has 2 rings (SSSR count). The van der Waals surface area contributed by atoms with E-state index in [-0.39, 0.29) is 19.0 Å². The maximum Gasteiger partial charge on any atom is 0.243 e. The molecule has 1 N–H and O–H groups in total. The Morgan fingerprint density at radius 2 is 1.79 bits per heavy atom. The predicted octanol–water partition coefficient (Wildman–Crippen LogP) is 2.79. The summed E-state index contributed by atoms with van der Waals surface area (Å²) >= 11 is 0. The monoisotopic (exact) mass is 408 g/mol. The topological polar surface area (TPSA) is 75.7 Å². The summed E-state index contributed by atoms with van der Waals surface area (Å²) in [4.78, 5) is 12.5. The van der Waals surface area contributed by atoms with E-state index in [4.69, 9.17) is 4.74 Å². The van der Waals surface area contributed by atoms with Gasteiger partial charge in [0.1, 0.15) is 24.2 Å². The number of amides is 1. The van der Waals surface area contributed by atoms with E-state index in [2.05, 4.69) is 5.32 Å². The molecular weight excluding hydrogens is 383 g/mol. The third kappa shape index (κ3) is 5.69. The van der Waals surface area contributed by atoms with Crippen LogP contribution in [0.25, 0.3) is 0 Å². The maximum absolute atomic E-state index is 12.9. The number of anilines is 1. The molecule has 8 heteroatoms. The fourth-order valence-corrected chi connectivity index (χ4v) is 3.86. The van der Waals surface area contributed by atoms with E-state index in [1.165, 1.54) is 31.2 Å². The molecule has 0 saturated heterocycles. The molecule has 0 aromatic heterocycles. The van der Waals surface area contributed by atoms with Crippen LogP contribution in [0.5, 0.6) is 5.75 Å². The zero-order valence-corrected chi connectivity index (χ0v) is 17.2. The number of sulfonamides is 1. The molecule has 0 aliphatic rings. The second kappa shape index (κ2) is 9.05. The fraction of sp³-hybridized carbons (Fsp3) is 0.350. The minimum Gasteiger partial charge on any atom is -0.492 e. The van der Waals surface area contributed by atoms with Crippen LogP contribution in [0.4, 0.5) is 10.1 Å². The summed E-state index contributed by atoms with van der Waals surface area (Å²) in [5.41, 5.74) is 2.41. The van der Waals surface area contributed by atoms with Crippen molar-refractivity contribution in [1.29, 1.82) is 0 Å². The Labute approximate surface area is 165 Å². The highest BCUT2D eigenvalue weighted by Gasteiger charge is 2.29. The summed E-state index contributed by atoms with van der Waals surface area (Å²) < 4.78 is 44.0. The first-order valence-electron chi connectivity index (χ1n) is 8.82. The third-order valence-electron chi connectivity index (χ3n) is 4.32. The van der Waals surface area contributed by atoms with Crippen molar-refractivity contribution in [3.63, 3.8) is 0 Å². The van der Waals surface area contributed by atoms with Crippen LogP contribution in [0.1, 0.15) is 18.1 Å². The van der Waals surface area contributed by atoms with Gasteiger partial charge in [-0.1, -0.05) is 6.07 Å². The Morgan fingerprint density at radius 1 is 1.14 bits per heavy atom. The van der Waals surface area contributed by atoms with Crippen molar-refractivity contribution in [2.45, 2.75) is 26.8 Å². The number of carbonyl (C=O) groups excluding carboxylic acids is 1. The second-order valence-corrected chi connectivity index (χ2v) is 8.46. The molecule has 0 bridgehead atoms. The minimum atomic E-state index is -3.66. The Bertz CT molecular complexity index is 930. The number of halogens is 1. The van der Waals surface area contributed by atoms with Crippen LogP contribution in [0.15, 0.2) is 42.5 Å². The van der Waals surface area contributed by atoms with Crippen molar-refractivity contribution in [1.82, 2.24) is 5.32 Å². The van der Waals surface area contributed by atoms with Gasteiger partial charge >= 0.3 is 0 Å². The average Bonchev–Trinajstić information content (AvgIpc) is 2.62. The highest BCUT2D eigenvalue weighted by atomic mass is 32.2. The Kier molecular flexibility index (Phi) is 7.01. The van der Waals surface area contributed by atoms with Gasteiger partial charge in [-0.2, -0.15) is 0 Å². The zero-order valence-electron chi connectivity index (χ0n) is 16.4. The SMILES string of the molecule is Cc1ccc(N([C@@H](C)C(=O)NCCOc2ccc(F)cc2)S(C)(=O)=O)cc1C. The number of benzene rings is 2. The molecule has 0 heterocycles. The number of ether oxygens (including phenoxy) is 1. The quantitative estimate of drug-likeness (QED) is 0.682. The number of hydrogen-bond acceptors (Lipinski definition) is 4. The first-order valence-corrected chi connectivity index (χ1v) is 10.7. The molecule has 2 aromatic rings. The third-order valence-corrected chi connectivity index (χ3v) is 5.56. The molecule has 1 amide bonds. The van der Waals surface area contributed by atoms with Gasteiger partial charge in [-0.15, -0.1) is 0 Å². The average molecular weight is 408 g/mol. The molecule has 0 fully saturated rings. The second-order valence-electron chi connectivity index (χ2n) is 6.60. The standard InChI is InChI=1S/C20H25FN2O4S/c1-14-5-8-18(13-15(14)2)23(28(4,25)26)16(3)20(24)22-11-12-27-19-9-6-17(21)7-10-19/h5-10,13,16H,11-12H2,1-4H3,(H,22,24)/t16-/m0/s1. The van der Waals surface area contributed by atoms with Gasteiger partial charge in [-0.05, 0) is 68.3 Å². The van der Waals surface area contributed by atoms with Crippen molar-refractivity contribution < 1.29 is 22.3 Å². The molecule has 0 saturated carbocycles. The Morgan fingerprint density at radius 3 is 2.36 bits per heavy atom.